The van der Waals surface area contributed by atoms with Gasteiger partial charge in [0.25, 0.3) is 5.89 Å². The van der Waals surface area contributed by atoms with E-state index < -0.39 is 0 Å². The highest BCUT2D eigenvalue weighted by atomic mass is 16.5. The Hall–Kier alpha value is -2.80. The Balaban J connectivity index is 1.61. The molecule has 0 aromatic carbocycles. The second-order valence-electron chi connectivity index (χ2n) is 5.80. The van der Waals surface area contributed by atoms with Crippen LogP contribution in [-0.4, -0.2) is 44.4 Å². The van der Waals surface area contributed by atoms with Gasteiger partial charge in [-0.3, -0.25) is 4.98 Å². The average Bonchev–Trinajstić information content (AvgIpc) is 3.13. The molecule has 0 saturated carbocycles. The van der Waals surface area contributed by atoms with Crippen LogP contribution in [0.3, 0.4) is 0 Å². The zero-order valence-corrected chi connectivity index (χ0v) is 13.0. The summed E-state index contributed by atoms with van der Waals surface area (Å²) in [6, 6.07) is 7.43. The molecule has 7 heteroatoms. The quantitative estimate of drug-likeness (QED) is 0.790. The summed E-state index contributed by atoms with van der Waals surface area (Å²) in [5.41, 5.74) is 1.67. The lowest BCUT2D eigenvalue weighted by Gasteiger charge is -2.31. The molecule has 1 N–H and O–H groups in total. The van der Waals surface area contributed by atoms with Crippen LogP contribution in [0.2, 0.25) is 0 Å². The summed E-state index contributed by atoms with van der Waals surface area (Å²) >= 11 is 0. The predicted molar refractivity (Wildman–Crippen MR) is 88.2 cm³/mol. The van der Waals surface area contributed by atoms with Crippen LogP contribution in [-0.2, 0) is 0 Å². The summed E-state index contributed by atoms with van der Waals surface area (Å²) in [4.78, 5) is 14.9. The van der Waals surface area contributed by atoms with E-state index in [-0.39, 0.29) is 6.10 Å². The van der Waals surface area contributed by atoms with E-state index in [2.05, 4.69) is 25.0 Å². The molecule has 4 rings (SSSR count). The molecule has 4 heterocycles. The van der Waals surface area contributed by atoms with Gasteiger partial charge in [-0.2, -0.15) is 4.98 Å². The van der Waals surface area contributed by atoms with Crippen LogP contribution in [0.25, 0.3) is 22.8 Å². The topological polar surface area (TPSA) is 88.2 Å². The molecule has 0 radical (unpaired) electrons. The van der Waals surface area contributed by atoms with Gasteiger partial charge in [-0.15, -0.1) is 0 Å². The lowest BCUT2D eigenvalue weighted by atomic mass is 10.1. The highest BCUT2D eigenvalue weighted by Crippen LogP contribution is 2.25. The summed E-state index contributed by atoms with van der Waals surface area (Å²) in [5, 5.41) is 13.9. The Bertz CT molecular complexity index is 821. The van der Waals surface area contributed by atoms with Gasteiger partial charge in [0.2, 0.25) is 5.82 Å². The van der Waals surface area contributed by atoms with Gasteiger partial charge in [-0.25, -0.2) is 4.98 Å². The van der Waals surface area contributed by atoms with Gasteiger partial charge in [-0.05, 0) is 37.1 Å². The first-order valence-corrected chi connectivity index (χ1v) is 7.93. The molecule has 0 bridgehead atoms. The minimum Gasteiger partial charge on any atom is -0.391 e. The number of hydrogen-bond acceptors (Lipinski definition) is 7. The number of aliphatic hydroxyl groups is 1. The lowest BCUT2D eigenvalue weighted by molar-refractivity contribution is 0.154. The van der Waals surface area contributed by atoms with Crippen molar-refractivity contribution in [3.05, 3.63) is 42.9 Å². The van der Waals surface area contributed by atoms with E-state index in [1.165, 1.54) is 0 Å². The molecule has 1 unspecified atom stereocenters. The van der Waals surface area contributed by atoms with E-state index in [9.17, 15) is 5.11 Å². The highest BCUT2D eigenvalue weighted by Gasteiger charge is 2.20. The Kier molecular flexibility index (Phi) is 3.92. The van der Waals surface area contributed by atoms with E-state index in [1.807, 2.05) is 24.3 Å². The van der Waals surface area contributed by atoms with Crippen molar-refractivity contribution in [1.82, 2.24) is 20.1 Å². The maximum atomic E-state index is 9.84. The van der Waals surface area contributed by atoms with Gasteiger partial charge in [0.1, 0.15) is 5.82 Å². The zero-order valence-electron chi connectivity index (χ0n) is 13.0. The van der Waals surface area contributed by atoms with Crippen molar-refractivity contribution in [2.75, 3.05) is 18.0 Å². The number of aromatic nitrogens is 4. The molecule has 3 aromatic rings. The third-order valence-corrected chi connectivity index (χ3v) is 4.08. The maximum absolute atomic E-state index is 9.84. The van der Waals surface area contributed by atoms with Crippen LogP contribution in [0.4, 0.5) is 5.82 Å². The molecule has 1 atom stereocenters. The van der Waals surface area contributed by atoms with Crippen molar-refractivity contribution in [1.29, 1.82) is 0 Å². The van der Waals surface area contributed by atoms with E-state index in [1.54, 1.807) is 18.6 Å². The van der Waals surface area contributed by atoms with Crippen molar-refractivity contribution >= 4 is 5.82 Å². The SMILES string of the molecule is OC1CCCN(c2cc(-c3nc(-c4ccncc4)no3)ccn2)C1. The highest BCUT2D eigenvalue weighted by molar-refractivity contribution is 5.62. The average molecular weight is 323 g/mol. The first-order valence-electron chi connectivity index (χ1n) is 7.93. The van der Waals surface area contributed by atoms with Crippen LogP contribution in [0.1, 0.15) is 12.8 Å². The molecule has 0 spiro atoms. The van der Waals surface area contributed by atoms with Gasteiger partial charge in [-0.1, -0.05) is 5.16 Å². The Morgan fingerprint density at radius 1 is 1.12 bits per heavy atom. The Morgan fingerprint density at radius 2 is 1.96 bits per heavy atom. The van der Waals surface area contributed by atoms with E-state index in [0.29, 0.717) is 18.3 Å². The van der Waals surface area contributed by atoms with Crippen LogP contribution >= 0.6 is 0 Å². The molecule has 1 saturated heterocycles. The monoisotopic (exact) mass is 323 g/mol. The molecule has 1 aliphatic heterocycles. The summed E-state index contributed by atoms with van der Waals surface area (Å²) in [6.07, 6.45) is 6.61. The molecule has 0 amide bonds. The minimum atomic E-state index is -0.300. The van der Waals surface area contributed by atoms with E-state index in [4.69, 9.17) is 4.52 Å². The second kappa shape index (κ2) is 6.37. The second-order valence-corrected chi connectivity index (χ2v) is 5.80. The van der Waals surface area contributed by atoms with E-state index >= 15 is 0 Å². The van der Waals surface area contributed by atoms with Crippen molar-refractivity contribution in [2.24, 2.45) is 0 Å². The number of piperidine rings is 1. The standard InChI is InChI=1S/C17H17N5O2/c23-14-2-1-9-22(11-14)15-10-13(5-8-19-15)17-20-16(21-24-17)12-3-6-18-7-4-12/h3-8,10,14,23H,1-2,9,11H2. The number of β-amino-alcohol motifs (C(OH)–C–C–N with tert-alkyl or cyclic N) is 1. The number of anilines is 1. The first kappa shape index (κ1) is 14.8. The normalized spacial score (nSPS) is 17.9. The number of nitrogens with zero attached hydrogens (tertiary/aromatic N) is 5. The minimum absolute atomic E-state index is 0.300. The number of pyridine rings is 2. The molecular weight excluding hydrogens is 306 g/mol. The molecule has 0 aliphatic carbocycles. The third-order valence-electron chi connectivity index (χ3n) is 4.08. The van der Waals surface area contributed by atoms with Gasteiger partial charge in [0.05, 0.1) is 6.10 Å². The molecule has 1 fully saturated rings. The Morgan fingerprint density at radius 3 is 2.79 bits per heavy atom. The molecular formula is C17H17N5O2. The number of hydrogen-bond donors (Lipinski definition) is 1. The molecule has 3 aromatic heterocycles. The summed E-state index contributed by atoms with van der Waals surface area (Å²) in [5.74, 6) is 1.79. The van der Waals surface area contributed by atoms with Crippen LogP contribution < -0.4 is 4.90 Å². The van der Waals surface area contributed by atoms with Crippen molar-refractivity contribution in [2.45, 2.75) is 18.9 Å². The largest absolute Gasteiger partial charge is 0.391 e. The van der Waals surface area contributed by atoms with Crippen LogP contribution in [0.5, 0.6) is 0 Å². The van der Waals surface area contributed by atoms with Crippen molar-refractivity contribution < 1.29 is 9.63 Å². The zero-order chi connectivity index (χ0) is 16.4. The first-order chi connectivity index (χ1) is 11.8. The molecule has 1 aliphatic rings. The van der Waals surface area contributed by atoms with Gasteiger partial charge < -0.3 is 14.5 Å². The van der Waals surface area contributed by atoms with E-state index in [0.717, 1.165) is 36.3 Å². The summed E-state index contributed by atoms with van der Waals surface area (Å²) < 4.78 is 5.39. The fourth-order valence-corrected chi connectivity index (χ4v) is 2.85. The molecule has 24 heavy (non-hydrogen) atoms. The maximum Gasteiger partial charge on any atom is 0.258 e. The van der Waals surface area contributed by atoms with Crippen LogP contribution in [0.15, 0.2) is 47.4 Å². The lowest BCUT2D eigenvalue weighted by Crippen LogP contribution is -2.38. The molecule has 122 valence electrons. The van der Waals surface area contributed by atoms with Crippen molar-refractivity contribution in [3.8, 4) is 22.8 Å². The number of aliphatic hydroxyl groups excluding tert-OH is 1. The summed E-state index contributed by atoms with van der Waals surface area (Å²) in [7, 11) is 0. The van der Waals surface area contributed by atoms with Crippen molar-refractivity contribution in [3.63, 3.8) is 0 Å². The van der Waals surface area contributed by atoms with Gasteiger partial charge in [0, 0.05) is 42.8 Å². The number of rotatable bonds is 3. The fourth-order valence-electron chi connectivity index (χ4n) is 2.85. The smallest absolute Gasteiger partial charge is 0.258 e. The Labute approximate surface area is 139 Å². The van der Waals surface area contributed by atoms with Gasteiger partial charge in [0.15, 0.2) is 0 Å². The van der Waals surface area contributed by atoms with Crippen LogP contribution in [0, 0.1) is 0 Å². The van der Waals surface area contributed by atoms with Gasteiger partial charge >= 0.3 is 0 Å². The third kappa shape index (κ3) is 2.98. The predicted octanol–water partition coefficient (Wildman–Crippen LogP) is 2.15. The summed E-state index contributed by atoms with van der Waals surface area (Å²) in [6.45, 7) is 1.49. The molecule has 7 nitrogen and oxygen atoms in total. The fraction of sp³-hybridized carbons (Fsp3) is 0.294.